The van der Waals surface area contributed by atoms with Crippen molar-refractivity contribution in [2.24, 2.45) is 4.99 Å². The van der Waals surface area contributed by atoms with Gasteiger partial charge < -0.3 is 10.6 Å². The number of fused-ring (bicyclic) bond motifs is 1. The molecular weight excluding hydrogens is 257 g/mol. The number of anilines is 1. The molecule has 1 aliphatic heterocycles. The fraction of sp³-hybridized carbons (Fsp3) is 0.250. The van der Waals surface area contributed by atoms with E-state index < -0.39 is 0 Å². The lowest BCUT2D eigenvalue weighted by molar-refractivity contribution is 0.629. The van der Waals surface area contributed by atoms with Gasteiger partial charge in [0.1, 0.15) is 0 Å². The van der Waals surface area contributed by atoms with E-state index in [-0.39, 0.29) is 6.04 Å². The van der Waals surface area contributed by atoms with Crippen molar-refractivity contribution in [3.8, 4) is 0 Å². The third kappa shape index (κ3) is 2.01. The number of benzene rings is 1. The first kappa shape index (κ1) is 10.9. The molecule has 3 rings (SSSR count). The van der Waals surface area contributed by atoms with Gasteiger partial charge in [0, 0.05) is 0 Å². The molecule has 2 atom stereocenters. The summed E-state index contributed by atoms with van der Waals surface area (Å²) in [6, 6.07) is 6.02. The molecule has 0 spiro atoms. The predicted octanol–water partition coefficient (Wildman–Crippen LogP) is 3.06. The number of halogens is 2. The highest BCUT2D eigenvalue weighted by atomic mass is 35.5. The van der Waals surface area contributed by atoms with Gasteiger partial charge in [0.2, 0.25) is 0 Å². The zero-order valence-electron chi connectivity index (χ0n) is 8.95. The standard InChI is InChI=1S/C12H11Cl2N3/c13-7-3-1-4-8(14)11(7)17-12-15-9-5-2-6-10(9)16-12/h1-5,9-10H,6H2,(H2,15,16,17). The summed E-state index contributed by atoms with van der Waals surface area (Å²) in [5.41, 5.74) is 0.700. The smallest absolute Gasteiger partial charge is 0.196 e. The van der Waals surface area contributed by atoms with Crippen LogP contribution in [0.4, 0.5) is 5.69 Å². The van der Waals surface area contributed by atoms with E-state index in [4.69, 9.17) is 23.2 Å². The van der Waals surface area contributed by atoms with Crippen LogP contribution in [-0.4, -0.2) is 18.0 Å². The fourth-order valence-corrected chi connectivity index (χ4v) is 2.57. The molecule has 88 valence electrons. The van der Waals surface area contributed by atoms with E-state index in [9.17, 15) is 0 Å². The van der Waals surface area contributed by atoms with Gasteiger partial charge in [-0.15, -0.1) is 0 Å². The van der Waals surface area contributed by atoms with Gasteiger partial charge in [0.15, 0.2) is 5.96 Å². The largest absolute Gasteiger partial charge is 0.351 e. The maximum atomic E-state index is 6.08. The zero-order chi connectivity index (χ0) is 11.8. The summed E-state index contributed by atoms with van der Waals surface area (Å²) in [4.78, 5) is 4.52. The first-order chi connectivity index (χ1) is 8.24. The van der Waals surface area contributed by atoms with Crippen LogP contribution in [-0.2, 0) is 0 Å². The first-order valence-corrected chi connectivity index (χ1v) is 6.21. The van der Waals surface area contributed by atoms with E-state index in [1.807, 2.05) is 6.07 Å². The van der Waals surface area contributed by atoms with Crippen molar-refractivity contribution in [3.63, 3.8) is 0 Å². The van der Waals surface area contributed by atoms with E-state index >= 15 is 0 Å². The minimum Gasteiger partial charge on any atom is -0.351 e. The van der Waals surface area contributed by atoms with Crippen molar-refractivity contribution < 1.29 is 0 Å². The number of nitrogens with one attached hydrogen (secondary N) is 2. The van der Waals surface area contributed by atoms with E-state index in [2.05, 4.69) is 27.8 Å². The second-order valence-corrected chi connectivity index (χ2v) is 4.92. The minimum absolute atomic E-state index is 0.235. The first-order valence-electron chi connectivity index (χ1n) is 5.46. The molecule has 0 fully saturated rings. The van der Waals surface area contributed by atoms with Crippen LogP contribution in [0.2, 0.25) is 10.0 Å². The molecule has 0 saturated heterocycles. The number of hydrogen-bond donors (Lipinski definition) is 2. The minimum atomic E-state index is 0.235. The van der Waals surface area contributed by atoms with Crippen molar-refractivity contribution in [3.05, 3.63) is 40.4 Å². The second-order valence-electron chi connectivity index (χ2n) is 4.10. The lowest BCUT2D eigenvalue weighted by Crippen LogP contribution is -2.34. The lowest BCUT2D eigenvalue weighted by atomic mass is 10.2. The summed E-state index contributed by atoms with van der Waals surface area (Å²) in [5.74, 6) is 0.736. The number of nitrogens with zero attached hydrogens (tertiary/aromatic N) is 1. The van der Waals surface area contributed by atoms with E-state index in [1.54, 1.807) is 12.1 Å². The molecule has 0 aromatic heterocycles. The van der Waals surface area contributed by atoms with Crippen LogP contribution < -0.4 is 10.6 Å². The molecule has 2 aliphatic rings. The number of rotatable bonds is 1. The Morgan fingerprint density at radius 2 is 2.06 bits per heavy atom. The van der Waals surface area contributed by atoms with Gasteiger partial charge >= 0.3 is 0 Å². The quantitative estimate of drug-likeness (QED) is 0.768. The van der Waals surface area contributed by atoms with Gasteiger partial charge in [-0.2, -0.15) is 0 Å². The number of guanidine groups is 1. The van der Waals surface area contributed by atoms with Crippen LogP contribution >= 0.6 is 23.2 Å². The molecule has 1 aromatic rings. The number of aliphatic imine (C=N–C) groups is 1. The molecule has 1 aliphatic carbocycles. The molecule has 2 unspecified atom stereocenters. The Bertz CT molecular complexity index is 490. The van der Waals surface area contributed by atoms with Crippen LogP contribution in [0.5, 0.6) is 0 Å². The number of para-hydroxylation sites is 1. The number of hydrogen-bond acceptors (Lipinski definition) is 3. The topological polar surface area (TPSA) is 36.4 Å². The van der Waals surface area contributed by atoms with E-state index in [0.29, 0.717) is 21.8 Å². The van der Waals surface area contributed by atoms with Crippen molar-refractivity contribution in [2.75, 3.05) is 5.32 Å². The predicted molar refractivity (Wildman–Crippen MR) is 72.0 cm³/mol. The van der Waals surface area contributed by atoms with Crippen molar-refractivity contribution in [2.45, 2.75) is 18.5 Å². The normalized spacial score (nSPS) is 25.4. The summed E-state index contributed by atoms with van der Waals surface area (Å²) in [7, 11) is 0. The highest BCUT2D eigenvalue weighted by Gasteiger charge is 2.29. The average Bonchev–Trinajstić information content (AvgIpc) is 2.83. The second kappa shape index (κ2) is 4.24. The molecule has 3 nitrogen and oxygen atoms in total. The van der Waals surface area contributed by atoms with Crippen molar-refractivity contribution in [1.29, 1.82) is 0 Å². The Balaban J connectivity index is 1.82. The third-order valence-corrected chi connectivity index (χ3v) is 3.57. The van der Waals surface area contributed by atoms with Gasteiger partial charge in [-0.3, -0.25) is 0 Å². The molecule has 5 heteroatoms. The van der Waals surface area contributed by atoms with Crippen LogP contribution in [0.25, 0.3) is 0 Å². The van der Waals surface area contributed by atoms with Gasteiger partial charge in [-0.1, -0.05) is 41.4 Å². The molecule has 0 bridgehead atoms. The van der Waals surface area contributed by atoms with E-state index in [1.165, 1.54) is 0 Å². The molecule has 0 saturated carbocycles. The summed E-state index contributed by atoms with van der Waals surface area (Å²) in [6.45, 7) is 0. The molecule has 2 N–H and O–H groups in total. The molecule has 1 aromatic carbocycles. The molecule has 0 amide bonds. The summed E-state index contributed by atoms with van der Waals surface area (Å²) < 4.78 is 0. The Morgan fingerprint density at radius 1 is 1.29 bits per heavy atom. The fourth-order valence-electron chi connectivity index (χ4n) is 2.08. The summed E-state index contributed by atoms with van der Waals surface area (Å²) in [5, 5.41) is 7.65. The molecular formula is C12H11Cl2N3. The monoisotopic (exact) mass is 267 g/mol. The maximum Gasteiger partial charge on any atom is 0.196 e. The van der Waals surface area contributed by atoms with Gasteiger partial charge in [0.25, 0.3) is 0 Å². The Morgan fingerprint density at radius 3 is 2.76 bits per heavy atom. The van der Waals surface area contributed by atoms with Crippen LogP contribution in [0.15, 0.2) is 35.3 Å². The highest BCUT2D eigenvalue weighted by molar-refractivity contribution is 6.39. The Kier molecular flexibility index (Phi) is 2.73. The maximum absolute atomic E-state index is 6.08. The van der Waals surface area contributed by atoms with Crippen molar-refractivity contribution >= 4 is 34.8 Å². The Hall–Kier alpha value is -1.19. The molecule has 0 radical (unpaired) electrons. The van der Waals surface area contributed by atoms with Crippen molar-refractivity contribution in [1.82, 2.24) is 5.32 Å². The van der Waals surface area contributed by atoms with Gasteiger partial charge in [0.05, 0.1) is 27.8 Å². The van der Waals surface area contributed by atoms with Crippen LogP contribution in [0.1, 0.15) is 6.42 Å². The summed E-state index contributed by atoms with van der Waals surface area (Å²) in [6.07, 6.45) is 5.27. The SMILES string of the molecule is Clc1cccc(Cl)c1NC1=NC2C=CCC2N1. The van der Waals surface area contributed by atoms with E-state index in [0.717, 1.165) is 12.4 Å². The van der Waals surface area contributed by atoms with Gasteiger partial charge in [-0.05, 0) is 18.6 Å². The molecule has 17 heavy (non-hydrogen) atoms. The van der Waals surface area contributed by atoms with Crippen LogP contribution in [0, 0.1) is 0 Å². The summed E-state index contributed by atoms with van der Waals surface area (Å²) >= 11 is 12.2. The molecule has 1 heterocycles. The van der Waals surface area contributed by atoms with Gasteiger partial charge in [-0.25, -0.2) is 4.99 Å². The highest BCUT2D eigenvalue weighted by Crippen LogP contribution is 2.30. The third-order valence-electron chi connectivity index (χ3n) is 2.94. The average molecular weight is 268 g/mol. The lowest BCUT2D eigenvalue weighted by Gasteiger charge is -2.12. The van der Waals surface area contributed by atoms with Crippen LogP contribution in [0.3, 0.4) is 0 Å². The zero-order valence-corrected chi connectivity index (χ0v) is 10.5. The Labute approximate surface area is 110 Å².